The Labute approximate surface area is 251 Å². The van der Waals surface area contributed by atoms with E-state index in [1.807, 2.05) is 13.8 Å². The highest BCUT2D eigenvalue weighted by atomic mass is 19.1. The average Bonchev–Trinajstić information content (AvgIpc) is 3.44. The number of rotatable bonds is 7. The van der Waals surface area contributed by atoms with Gasteiger partial charge in [-0.25, -0.2) is 4.39 Å². The second-order valence-corrected chi connectivity index (χ2v) is 15.5. The Morgan fingerprint density at radius 1 is 0.976 bits per heavy atom. The van der Waals surface area contributed by atoms with Crippen LogP contribution in [-0.2, 0) is 23.8 Å². The Morgan fingerprint density at radius 2 is 1.69 bits per heavy atom. The summed E-state index contributed by atoms with van der Waals surface area (Å²) in [5.41, 5.74) is 0.765. The van der Waals surface area contributed by atoms with Gasteiger partial charge in [-0.3, -0.25) is 9.59 Å². The van der Waals surface area contributed by atoms with E-state index in [1.54, 1.807) is 18.2 Å². The summed E-state index contributed by atoms with van der Waals surface area (Å²) in [5.74, 6) is 1.61. The molecule has 6 rings (SSSR count). The molecule has 6 heteroatoms. The SMILES string of the molecule is CC(=O)OC(CCC[C@@H](C)[C@H]1CC[C@H]2[C@@H]3C(=O)C[C@H]4[C@H]5OC(C)(C)O[C@H]5CC[C@]4(C)[C@H]3CC[C@]12C)c1ccccc1F. The van der Waals surface area contributed by atoms with E-state index in [1.165, 1.54) is 25.8 Å². The zero-order chi connectivity index (χ0) is 30.0. The van der Waals surface area contributed by atoms with Crippen molar-refractivity contribution in [3.8, 4) is 0 Å². The van der Waals surface area contributed by atoms with Crippen LogP contribution < -0.4 is 0 Å². The normalized spacial score (nSPS) is 41.7. The van der Waals surface area contributed by atoms with E-state index >= 15 is 0 Å². The molecule has 0 radical (unpaired) electrons. The Balaban J connectivity index is 1.13. The van der Waals surface area contributed by atoms with Gasteiger partial charge >= 0.3 is 5.97 Å². The molecular weight excluding hydrogens is 531 g/mol. The first-order valence-electron chi connectivity index (χ1n) is 16.6. The molecule has 1 aromatic rings. The molecule has 1 aliphatic heterocycles. The third-order valence-electron chi connectivity index (χ3n) is 12.8. The highest BCUT2D eigenvalue weighted by Gasteiger charge is 2.66. The van der Waals surface area contributed by atoms with Crippen LogP contribution in [-0.4, -0.2) is 29.7 Å². The minimum Gasteiger partial charge on any atom is -0.458 e. The number of hydrogen-bond donors (Lipinski definition) is 0. The number of ether oxygens (including phenoxy) is 3. The molecule has 5 fully saturated rings. The molecule has 4 saturated carbocycles. The van der Waals surface area contributed by atoms with Gasteiger partial charge in [0.2, 0.25) is 0 Å². The standard InChI is InChI=1S/C36H51FO5/c1-21(10-9-13-30(40-22(2)38)23-11-7-8-12-28(23)37)24-14-15-25-32-26(16-18-35(24,25)5)36(6)19-17-31-33(27(36)20-29(32)39)42-34(3,4)41-31/h7-8,11-12,21,24-27,30-33H,9-10,13-20H2,1-6H3/t21-,24-,25+,26+,27+,30?,31+,32+,33-,35-,36-/m1/s1. The topological polar surface area (TPSA) is 61.8 Å². The Hall–Kier alpha value is -1.79. The van der Waals surface area contributed by atoms with E-state index in [9.17, 15) is 14.0 Å². The van der Waals surface area contributed by atoms with Crippen molar-refractivity contribution < 1.29 is 28.2 Å². The fraction of sp³-hybridized carbons (Fsp3) is 0.778. The van der Waals surface area contributed by atoms with E-state index in [2.05, 4.69) is 20.8 Å². The minimum absolute atomic E-state index is 0.0356. The largest absolute Gasteiger partial charge is 0.458 e. The van der Waals surface area contributed by atoms with Gasteiger partial charge in [-0.15, -0.1) is 0 Å². The first-order chi connectivity index (χ1) is 19.8. The zero-order valence-electron chi connectivity index (χ0n) is 26.5. The fourth-order valence-electron chi connectivity index (χ4n) is 10.9. The number of esters is 1. The predicted octanol–water partition coefficient (Wildman–Crippen LogP) is 8.20. The molecule has 1 heterocycles. The van der Waals surface area contributed by atoms with Crippen LogP contribution >= 0.6 is 0 Å². The number of benzene rings is 1. The van der Waals surface area contributed by atoms with Crippen molar-refractivity contribution in [3.63, 3.8) is 0 Å². The number of hydrogen-bond acceptors (Lipinski definition) is 5. The molecule has 5 nitrogen and oxygen atoms in total. The maximum Gasteiger partial charge on any atom is 0.303 e. The van der Waals surface area contributed by atoms with Crippen LogP contribution in [0.4, 0.5) is 4.39 Å². The number of Topliss-reactive ketones (excluding diaryl/α,β-unsaturated/α-hetero) is 1. The van der Waals surface area contributed by atoms with Crippen molar-refractivity contribution in [2.24, 2.45) is 46.3 Å². The Morgan fingerprint density at radius 3 is 2.43 bits per heavy atom. The third-order valence-corrected chi connectivity index (χ3v) is 12.8. The van der Waals surface area contributed by atoms with E-state index in [0.29, 0.717) is 47.9 Å². The molecule has 0 spiro atoms. The van der Waals surface area contributed by atoms with Gasteiger partial charge in [-0.1, -0.05) is 45.4 Å². The minimum atomic E-state index is -0.562. The van der Waals surface area contributed by atoms with Crippen LogP contribution in [0, 0.1) is 52.2 Å². The summed E-state index contributed by atoms with van der Waals surface area (Å²) in [6.07, 6.45) is 9.52. The monoisotopic (exact) mass is 582 g/mol. The van der Waals surface area contributed by atoms with Gasteiger partial charge in [0.1, 0.15) is 17.7 Å². The number of carbonyl (C=O) groups excluding carboxylic acids is 2. The Bertz CT molecular complexity index is 1200. The van der Waals surface area contributed by atoms with Crippen LogP contribution in [0.2, 0.25) is 0 Å². The van der Waals surface area contributed by atoms with Crippen LogP contribution in [0.5, 0.6) is 0 Å². The molecule has 1 saturated heterocycles. The van der Waals surface area contributed by atoms with Crippen molar-refractivity contribution in [1.82, 2.24) is 0 Å². The van der Waals surface area contributed by atoms with E-state index in [4.69, 9.17) is 14.2 Å². The Kier molecular flexibility index (Phi) is 7.91. The van der Waals surface area contributed by atoms with Gasteiger partial charge in [-0.05, 0) is 106 Å². The molecule has 11 atom stereocenters. The molecule has 4 aliphatic carbocycles. The maximum absolute atomic E-state index is 14.5. The maximum atomic E-state index is 14.5. The lowest BCUT2D eigenvalue weighted by Gasteiger charge is -2.61. The summed E-state index contributed by atoms with van der Waals surface area (Å²) in [7, 11) is 0. The highest BCUT2D eigenvalue weighted by molar-refractivity contribution is 5.83. The summed E-state index contributed by atoms with van der Waals surface area (Å²) >= 11 is 0. The van der Waals surface area contributed by atoms with Gasteiger partial charge < -0.3 is 14.2 Å². The zero-order valence-corrected chi connectivity index (χ0v) is 26.5. The smallest absolute Gasteiger partial charge is 0.303 e. The molecule has 5 aliphatic rings. The fourth-order valence-corrected chi connectivity index (χ4v) is 10.9. The van der Waals surface area contributed by atoms with Crippen LogP contribution in [0.3, 0.4) is 0 Å². The quantitative estimate of drug-likeness (QED) is 0.303. The van der Waals surface area contributed by atoms with E-state index in [0.717, 1.165) is 38.5 Å². The lowest BCUT2D eigenvalue weighted by molar-refractivity contribution is -0.178. The molecule has 0 amide bonds. The number of ketones is 1. The van der Waals surface area contributed by atoms with E-state index in [-0.39, 0.29) is 46.7 Å². The van der Waals surface area contributed by atoms with Crippen LogP contribution in [0.15, 0.2) is 24.3 Å². The second kappa shape index (κ2) is 11.0. The number of carbonyl (C=O) groups is 2. The van der Waals surface area contributed by atoms with Crippen molar-refractivity contribution in [2.75, 3.05) is 0 Å². The van der Waals surface area contributed by atoms with Gasteiger partial charge in [0.25, 0.3) is 0 Å². The summed E-state index contributed by atoms with van der Waals surface area (Å²) < 4.78 is 32.8. The van der Waals surface area contributed by atoms with E-state index < -0.39 is 11.9 Å². The summed E-state index contributed by atoms with van der Waals surface area (Å²) in [4.78, 5) is 25.9. The number of halogens is 1. The van der Waals surface area contributed by atoms with Crippen molar-refractivity contribution in [2.45, 2.75) is 130 Å². The summed E-state index contributed by atoms with van der Waals surface area (Å²) in [6.45, 7) is 12.7. The first-order valence-corrected chi connectivity index (χ1v) is 16.6. The predicted molar refractivity (Wildman–Crippen MR) is 159 cm³/mol. The van der Waals surface area contributed by atoms with Gasteiger partial charge in [0, 0.05) is 30.7 Å². The molecular formula is C36H51FO5. The van der Waals surface area contributed by atoms with Gasteiger partial charge in [0.05, 0.1) is 12.2 Å². The van der Waals surface area contributed by atoms with Crippen LogP contribution in [0.1, 0.15) is 117 Å². The molecule has 0 aromatic heterocycles. The van der Waals surface area contributed by atoms with Crippen molar-refractivity contribution in [3.05, 3.63) is 35.6 Å². The molecule has 0 bridgehead atoms. The second-order valence-electron chi connectivity index (χ2n) is 15.5. The lowest BCUT2D eigenvalue weighted by atomic mass is 9.43. The van der Waals surface area contributed by atoms with Crippen LogP contribution in [0.25, 0.3) is 0 Å². The molecule has 0 N–H and O–H groups in total. The van der Waals surface area contributed by atoms with Crippen molar-refractivity contribution in [1.29, 1.82) is 0 Å². The first kappa shape index (κ1) is 30.2. The van der Waals surface area contributed by atoms with Gasteiger partial charge in [-0.2, -0.15) is 0 Å². The molecule has 232 valence electrons. The summed E-state index contributed by atoms with van der Waals surface area (Å²) in [5, 5.41) is 0. The molecule has 42 heavy (non-hydrogen) atoms. The lowest BCUT2D eigenvalue weighted by Crippen LogP contribution is -2.60. The van der Waals surface area contributed by atoms with Crippen molar-refractivity contribution >= 4 is 11.8 Å². The summed E-state index contributed by atoms with van der Waals surface area (Å²) in [6, 6.07) is 6.61. The molecule has 1 unspecified atom stereocenters. The average molecular weight is 583 g/mol. The highest BCUT2D eigenvalue weighted by Crippen LogP contribution is 2.68. The third kappa shape index (κ3) is 5.06. The number of fused-ring (bicyclic) bond motifs is 7. The molecule has 1 aromatic carbocycles. The van der Waals surface area contributed by atoms with Gasteiger partial charge in [0.15, 0.2) is 5.79 Å².